The van der Waals surface area contributed by atoms with Gasteiger partial charge in [0.25, 0.3) is 0 Å². The second-order valence-corrected chi connectivity index (χ2v) is 4.45. The summed E-state index contributed by atoms with van der Waals surface area (Å²) in [7, 11) is 1.86. The molecule has 2 aromatic rings. The zero-order chi connectivity index (χ0) is 13.5. The molecule has 0 aliphatic heterocycles. The van der Waals surface area contributed by atoms with E-state index >= 15 is 0 Å². The van der Waals surface area contributed by atoms with E-state index in [4.69, 9.17) is 0 Å². The topological polar surface area (TPSA) is 49.8 Å². The summed E-state index contributed by atoms with van der Waals surface area (Å²) < 4.78 is 0. The number of hydrogen-bond donors (Lipinski definition) is 2. The van der Waals surface area contributed by atoms with Gasteiger partial charge >= 0.3 is 0 Å². The predicted molar refractivity (Wildman–Crippen MR) is 79.6 cm³/mol. The van der Waals surface area contributed by atoms with Crippen LogP contribution >= 0.6 is 0 Å². The molecule has 0 saturated heterocycles. The van der Waals surface area contributed by atoms with Gasteiger partial charge in [0, 0.05) is 19.7 Å². The van der Waals surface area contributed by atoms with Crippen molar-refractivity contribution in [3.05, 3.63) is 47.8 Å². The van der Waals surface area contributed by atoms with E-state index in [9.17, 15) is 0 Å². The lowest BCUT2D eigenvalue weighted by atomic mass is 10.1. The summed E-state index contributed by atoms with van der Waals surface area (Å²) in [6.07, 6.45) is 2.17. The second kappa shape index (κ2) is 6.73. The molecule has 1 aromatic heterocycles. The molecular formula is C15H20N4. The van der Waals surface area contributed by atoms with Crippen LogP contribution in [0.25, 0.3) is 0 Å². The van der Waals surface area contributed by atoms with Gasteiger partial charge in [0.05, 0.1) is 0 Å². The van der Waals surface area contributed by atoms with Crippen molar-refractivity contribution < 1.29 is 0 Å². The Balaban J connectivity index is 1.81. The molecule has 0 amide bonds. The third kappa shape index (κ3) is 4.25. The van der Waals surface area contributed by atoms with Gasteiger partial charge in [-0.1, -0.05) is 30.3 Å². The van der Waals surface area contributed by atoms with Crippen LogP contribution in [0.1, 0.15) is 17.8 Å². The number of anilines is 2. The first kappa shape index (κ1) is 13.3. The van der Waals surface area contributed by atoms with Crippen molar-refractivity contribution in [2.24, 2.45) is 0 Å². The third-order valence-electron chi connectivity index (χ3n) is 2.89. The molecule has 0 aliphatic carbocycles. The molecular weight excluding hydrogens is 236 g/mol. The molecule has 1 heterocycles. The number of aryl methyl sites for hydroxylation is 2. The normalized spacial score (nSPS) is 10.2. The van der Waals surface area contributed by atoms with Crippen LogP contribution in [0.5, 0.6) is 0 Å². The number of nitrogens with one attached hydrogen (secondary N) is 2. The molecule has 2 rings (SSSR count). The van der Waals surface area contributed by atoms with E-state index in [1.807, 2.05) is 26.1 Å². The number of aromatic nitrogens is 2. The first-order valence-corrected chi connectivity index (χ1v) is 6.59. The predicted octanol–water partition coefficient (Wildman–Crippen LogP) is 2.87. The van der Waals surface area contributed by atoms with Crippen LogP contribution in [0, 0.1) is 6.92 Å². The van der Waals surface area contributed by atoms with E-state index in [1.54, 1.807) is 0 Å². The number of benzene rings is 1. The fourth-order valence-corrected chi connectivity index (χ4v) is 1.94. The minimum atomic E-state index is 0.775. The highest BCUT2D eigenvalue weighted by molar-refractivity contribution is 5.47. The summed E-state index contributed by atoms with van der Waals surface area (Å²) >= 11 is 0. The van der Waals surface area contributed by atoms with E-state index in [-0.39, 0.29) is 0 Å². The summed E-state index contributed by atoms with van der Waals surface area (Å²) in [6, 6.07) is 12.5. The maximum atomic E-state index is 4.36. The molecule has 4 heteroatoms. The highest BCUT2D eigenvalue weighted by atomic mass is 15.1. The van der Waals surface area contributed by atoms with Crippen LogP contribution in [0.15, 0.2) is 36.4 Å². The van der Waals surface area contributed by atoms with Gasteiger partial charge in [-0.15, -0.1) is 0 Å². The van der Waals surface area contributed by atoms with Crippen molar-refractivity contribution in [3.63, 3.8) is 0 Å². The maximum absolute atomic E-state index is 4.36. The van der Waals surface area contributed by atoms with Gasteiger partial charge in [0.15, 0.2) is 0 Å². The molecule has 0 fully saturated rings. The van der Waals surface area contributed by atoms with Gasteiger partial charge in [-0.3, -0.25) is 0 Å². The summed E-state index contributed by atoms with van der Waals surface area (Å²) in [5.41, 5.74) is 1.37. The van der Waals surface area contributed by atoms with Gasteiger partial charge < -0.3 is 10.6 Å². The molecule has 0 saturated carbocycles. The van der Waals surface area contributed by atoms with Crippen molar-refractivity contribution in [3.8, 4) is 0 Å². The quantitative estimate of drug-likeness (QED) is 0.780. The average molecular weight is 256 g/mol. The van der Waals surface area contributed by atoms with Gasteiger partial charge in [0.2, 0.25) is 0 Å². The molecule has 100 valence electrons. The third-order valence-corrected chi connectivity index (χ3v) is 2.89. The Kier molecular flexibility index (Phi) is 4.72. The Bertz CT molecular complexity index is 511. The Morgan fingerprint density at radius 1 is 1.05 bits per heavy atom. The van der Waals surface area contributed by atoms with Gasteiger partial charge in [-0.25, -0.2) is 9.97 Å². The molecule has 1 aromatic carbocycles. The summed E-state index contributed by atoms with van der Waals surface area (Å²) in [5, 5.41) is 6.37. The fourth-order valence-electron chi connectivity index (χ4n) is 1.94. The van der Waals surface area contributed by atoms with Crippen LogP contribution in [0.3, 0.4) is 0 Å². The molecule has 0 unspecified atom stereocenters. The standard InChI is InChI=1S/C15H20N4/c1-12-18-14(16-2)11-15(19-12)17-10-6-9-13-7-4-3-5-8-13/h3-5,7-8,11H,6,9-10H2,1-2H3,(H2,16,17,18,19). The molecule has 0 aliphatic rings. The second-order valence-electron chi connectivity index (χ2n) is 4.45. The molecule has 0 atom stereocenters. The Labute approximate surface area is 114 Å². The lowest BCUT2D eigenvalue weighted by Gasteiger charge is -2.08. The molecule has 0 spiro atoms. The van der Waals surface area contributed by atoms with Crippen molar-refractivity contribution in [2.75, 3.05) is 24.2 Å². The fraction of sp³-hybridized carbons (Fsp3) is 0.333. The van der Waals surface area contributed by atoms with E-state index < -0.39 is 0 Å². The number of nitrogens with zero attached hydrogens (tertiary/aromatic N) is 2. The van der Waals surface area contributed by atoms with Crippen molar-refractivity contribution in [1.29, 1.82) is 0 Å². The lowest BCUT2D eigenvalue weighted by Crippen LogP contribution is -2.07. The Morgan fingerprint density at radius 2 is 1.79 bits per heavy atom. The molecule has 0 radical (unpaired) electrons. The Hall–Kier alpha value is -2.10. The van der Waals surface area contributed by atoms with Crippen molar-refractivity contribution in [2.45, 2.75) is 19.8 Å². The highest BCUT2D eigenvalue weighted by Gasteiger charge is 2.00. The zero-order valence-electron chi connectivity index (χ0n) is 11.5. The van der Waals surface area contributed by atoms with Crippen LogP contribution in [-0.2, 0) is 6.42 Å². The SMILES string of the molecule is CNc1cc(NCCCc2ccccc2)nc(C)n1. The van der Waals surface area contributed by atoms with Crippen molar-refractivity contribution >= 4 is 11.6 Å². The number of rotatable bonds is 6. The van der Waals surface area contributed by atoms with Gasteiger partial charge in [-0.2, -0.15) is 0 Å². The Morgan fingerprint density at radius 3 is 2.53 bits per heavy atom. The minimum absolute atomic E-state index is 0.775. The molecule has 4 nitrogen and oxygen atoms in total. The summed E-state index contributed by atoms with van der Waals surface area (Å²) in [5.74, 6) is 2.50. The van der Waals surface area contributed by atoms with Gasteiger partial charge in [0.1, 0.15) is 17.5 Å². The lowest BCUT2D eigenvalue weighted by molar-refractivity contribution is 0.856. The van der Waals surface area contributed by atoms with Crippen molar-refractivity contribution in [1.82, 2.24) is 9.97 Å². The number of hydrogen-bond acceptors (Lipinski definition) is 4. The summed E-state index contributed by atoms with van der Waals surface area (Å²) in [6.45, 7) is 2.81. The minimum Gasteiger partial charge on any atom is -0.373 e. The van der Waals surface area contributed by atoms with Crippen LogP contribution in [-0.4, -0.2) is 23.6 Å². The van der Waals surface area contributed by atoms with E-state index in [2.05, 4.69) is 44.9 Å². The van der Waals surface area contributed by atoms with E-state index in [0.29, 0.717) is 0 Å². The van der Waals surface area contributed by atoms with E-state index in [0.717, 1.165) is 36.8 Å². The first-order valence-electron chi connectivity index (χ1n) is 6.59. The molecule has 0 bridgehead atoms. The first-order chi connectivity index (χ1) is 9.28. The van der Waals surface area contributed by atoms with Crippen LogP contribution < -0.4 is 10.6 Å². The summed E-state index contributed by atoms with van der Waals surface area (Å²) in [4.78, 5) is 8.63. The van der Waals surface area contributed by atoms with Gasteiger partial charge in [-0.05, 0) is 25.3 Å². The maximum Gasteiger partial charge on any atom is 0.131 e. The zero-order valence-corrected chi connectivity index (χ0v) is 11.5. The largest absolute Gasteiger partial charge is 0.373 e. The average Bonchev–Trinajstić information content (AvgIpc) is 2.44. The highest BCUT2D eigenvalue weighted by Crippen LogP contribution is 2.10. The van der Waals surface area contributed by atoms with E-state index in [1.165, 1.54) is 5.56 Å². The molecule has 2 N–H and O–H groups in total. The smallest absolute Gasteiger partial charge is 0.131 e. The molecule has 19 heavy (non-hydrogen) atoms. The van der Waals surface area contributed by atoms with Crippen LogP contribution in [0.2, 0.25) is 0 Å². The van der Waals surface area contributed by atoms with Crippen LogP contribution in [0.4, 0.5) is 11.6 Å². The monoisotopic (exact) mass is 256 g/mol.